The number of aromatic nitrogens is 2. The van der Waals surface area contributed by atoms with Gasteiger partial charge in [0.05, 0.1) is 5.52 Å². The highest BCUT2D eigenvalue weighted by molar-refractivity contribution is 7.77. The number of nitrogens with zero attached hydrogens (tertiary/aromatic N) is 2. The molecule has 0 saturated carbocycles. The summed E-state index contributed by atoms with van der Waals surface area (Å²) in [6.07, 6.45) is 6.38. The summed E-state index contributed by atoms with van der Waals surface area (Å²) >= 11 is -2.12. The third-order valence-corrected chi connectivity index (χ3v) is 5.33. The fraction of sp³-hybridized carbons (Fsp3) is 0.182. The van der Waals surface area contributed by atoms with Gasteiger partial charge in [0, 0.05) is 42.4 Å². The van der Waals surface area contributed by atoms with Gasteiger partial charge in [-0.1, -0.05) is 26.0 Å². The van der Waals surface area contributed by atoms with E-state index >= 15 is 0 Å². The minimum absolute atomic E-state index is 0.408. The maximum Gasteiger partial charge on any atom is 0.250 e. The smallest absolute Gasteiger partial charge is 0.250 e. The SMILES string of the molecule is CC(C)c1cn(-c2ccc(NNS(=O)O)cc2)c2cc(-c3ccn(C)c3)ccc12. The van der Waals surface area contributed by atoms with Gasteiger partial charge in [-0.25, -0.2) is 4.21 Å². The van der Waals surface area contributed by atoms with Gasteiger partial charge in [-0.05, 0) is 59.0 Å². The van der Waals surface area contributed by atoms with Crippen molar-refractivity contribution in [2.45, 2.75) is 19.8 Å². The summed E-state index contributed by atoms with van der Waals surface area (Å²) in [5.74, 6) is 0.408. The van der Waals surface area contributed by atoms with Crippen LogP contribution in [0.3, 0.4) is 0 Å². The molecule has 0 radical (unpaired) electrons. The molecule has 3 N–H and O–H groups in total. The highest BCUT2D eigenvalue weighted by Gasteiger charge is 2.14. The predicted octanol–water partition coefficient (Wildman–Crippen LogP) is 4.81. The van der Waals surface area contributed by atoms with Crippen molar-refractivity contribution in [2.75, 3.05) is 5.43 Å². The Kier molecular flexibility index (Phi) is 5.27. The van der Waals surface area contributed by atoms with E-state index in [0.29, 0.717) is 11.6 Å². The zero-order valence-corrected chi connectivity index (χ0v) is 17.4. The van der Waals surface area contributed by atoms with Gasteiger partial charge >= 0.3 is 0 Å². The molecule has 0 aliphatic carbocycles. The van der Waals surface area contributed by atoms with Crippen LogP contribution in [-0.4, -0.2) is 17.9 Å². The van der Waals surface area contributed by atoms with Crippen molar-refractivity contribution < 1.29 is 8.76 Å². The van der Waals surface area contributed by atoms with Crippen LogP contribution in [0.1, 0.15) is 25.3 Å². The highest BCUT2D eigenvalue weighted by Crippen LogP contribution is 2.33. The first-order valence-corrected chi connectivity index (χ1v) is 10.5. The topological polar surface area (TPSA) is 71.2 Å². The Morgan fingerprint density at radius 1 is 1.00 bits per heavy atom. The van der Waals surface area contributed by atoms with Gasteiger partial charge in [0.1, 0.15) is 0 Å². The summed E-state index contributed by atoms with van der Waals surface area (Å²) < 4.78 is 23.8. The Morgan fingerprint density at radius 2 is 1.76 bits per heavy atom. The quantitative estimate of drug-likeness (QED) is 0.317. The zero-order chi connectivity index (χ0) is 20.5. The van der Waals surface area contributed by atoms with E-state index in [1.54, 1.807) is 0 Å². The van der Waals surface area contributed by atoms with Gasteiger partial charge in [0.15, 0.2) is 0 Å². The van der Waals surface area contributed by atoms with E-state index in [4.69, 9.17) is 4.55 Å². The van der Waals surface area contributed by atoms with E-state index in [1.807, 2.05) is 31.3 Å². The van der Waals surface area contributed by atoms with Crippen molar-refractivity contribution in [1.82, 2.24) is 14.0 Å². The molecule has 7 heteroatoms. The number of hydrogen-bond acceptors (Lipinski definition) is 2. The molecule has 0 saturated heterocycles. The number of anilines is 1. The maximum absolute atomic E-state index is 10.8. The van der Waals surface area contributed by atoms with E-state index in [-0.39, 0.29) is 0 Å². The average Bonchev–Trinajstić information content (AvgIpc) is 3.30. The molecule has 0 spiro atoms. The third-order valence-electron chi connectivity index (χ3n) is 5.05. The molecule has 2 heterocycles. The summed E-state index contributed by atoms with van der Waals surface area (Å²) in [5, 5.41) is 1.25. The third kappa shape index (κ3) is 3.98. The Balaban J connectivity index is 1.79. The lowest BCUT2D eigenvalue weighted by Gasteiger charge is -2.09. The van der Waals surface area contributed by atoms with Crippen molar-refractivity contribution in [3.8, 4) is 16.8 Å². The van der Waals surface area contributed by atoms with E-state index in [2.05, 4.69) is 76.1 Å². The van der Waals surface area contributed by atoms with Crippen LogP contribution in [0.5, 0.6) is 0 Å². The van der Waals surface area contributed by atoms with Gasteiger partial charge < -0.3 is 14.6 Å². The van der Waals surface area contributed by atoms with E-state index in [0.717, 1.165) is 11.2 Å². The van der Waals surface area contributed by atoms with Crippen LogP contribution in [0.25, 0.3) is 27.7 Å². The summed E-state index contributed by atoms with van der Waals surface area (Å²) in [4.78, 5) is 2.27. The van der Waals surface area contributed by atoms with Gasteiger partial charge in [-0.2, -0.15) is 0 Å². The van der Waals surface area contributed by atoms with Crippen LogP contribution < -0.4 is 10.3 Å². The lowest BCUT2D eigenvalue weighted by atomic mass is 10.0. The monoisotopic (exact) mass is 408 g/mol. The highest BCUT2D eigenvalue weighted by atomic mass is 32.2. The molecule has 0 fully saturated rings. The van der Waals surface area contributed by atoms with E-state index < -0.39 is 11.3 Å². The van der Waals surface area contributed by atoms with Crippen LogP contribution in [0.2, 0.25) is 0 Å². The van der Waals surface area contributed by atoms with Crippen molar-refractivity contribution >= 4 is 27.9 Å². The molecule has 2 aromatic carbocycles. The summed E-state index contributed by atoms with van der Waals surface area (Å²) in [6.45, 7) is 4.41. The minimum atomic E-state index is -2.12. The molecule has 0 aliphatic rings. The Bertz CT molecular complexity index is 1180. The number of hydrazine groups is 1. The Morgan fingerprint density at radius 3 is 2.38 bits per heavy atom. The molecular weight excluding hydrogens is 384 g/mol. The van der Waals surface area contributed by atoms with Crippen LogP contribution in [0, 0.1) is 0 Å². The van der Waals surface area contributed by atoms with Gasteiger partial charge in [-0.3, -0.25) is 4.55 Å². The van der Waals surface area contributed by atoms with Crippen LogP contribution in [0.4, 0.5) is 5.69 Å². The molecule has 1 unspecified atom stereocenters. The molecule has 2 aromatic heterocycles. The second kappa shape index (κ2) is 7.87. The molecule has 4 rings (SSSR count). The lowest BCUT2D eigenvalue weighted by Crippen LogP contribution is -2.23. The van der Waals surface area contributed by atoms with Crippen molar-refractivity contribution in [3.63, 3.8) is 0 Å². The minimum Gasteiger partial charge on any atom is -0.357 e. The standard InChI is InChI=1S/C22H24N4O2S/c1-15(2)21-14-26(19-7-5-18(6-8-19)23-24-29(27)28)22-12-16(4-9-20(21)22)17-10-11-25(3)13-17/h4-15,23-24H,1-3H3,(H,27,28). The lowest BCUT2D eigenvalue weighted by molar-refractivity contribution is 0.555. The van der Waals surface area contributed by atoms with Crippen molar-refractivity contribution in [1.29, 1.82) is 0 Å². The summed E-state index contributed by atoms with van der Waals surface area (Å²) in [6, 6.07) is 16.5. The predicted molar refractivity (Wildman–Crippen MR) is 119 cm³/mol. The second-order valence-electron chi connectivity index (χ2n) is 7.43. The number of fused-ring (bicyclic) bond motifs is 1. The molecular formula is C22H24N4O2S. The first-order valence-electron chi connectivity index (χ1n) is 9.42. The Labute approximate surface area is 172 Å². The normalized spacial score (nSPS) is 12.6. The van der Waals surface area contributed by atoms with Crippen molar-refractivity contribution in [3.05, 3.63) is 72.7 Å². The first kappa shape index (κ1) is 19.4. The molecule has 6 nitrogen and oxygen atoms in total. The summed E-state index contributed by atoms with van der Waals surface area (Å²) in [7, 11) is 2.03. The molecule has 150 valence electrons. The van der Waals surface area contributed by atoms with E-state index in [9.17, 15) is 4.21 Å². The molecule has 0 bridgehead atoms. The fourth-order valence-electron chi connectivity index (χ4n) is 3.59. The van der Waals surface area contributed by atoms with Gasteiger partial charge in [-0.15, -0.1) is 4.83 Å². The van der Waals surface area contributed by atoms with Crippen LogP contribution in [0.15, 0.2) is 67.1 Å². The van der Waals surface area contributed by atoms with Gasteiger partial charge in [0.25, 0.3) is 0 Å². The average molecular weight is 409 g/mol. The van der Waals surface area contributed by atoms with Gasteiger partial charge in [0.2, 0.25) is 11.3 Å². The zero-order valence-electron chi connectivity index (χ0n) is 16.6. The Hall–Kier alpha value is -2.87. The molecule has 29 heavy (non-hydrogen) atoms. The van der Waals surface area contributed by atoms with E-state index in [1.165, 1.54) is 22.1 Å². The maximum atomic E-state index is 10.8. The van der Waals surface area contributed by atoms with Crippen LogP contribution >= 0.6 is 0 Å². The fourth-order valence-corrected chi connectivity index (χ4v) is 3.79. The second-order valence-corrected chi connectivity index (χ2v) is 8.13. The van der Waals surface area contributed by atoms with Crippen molar-refractivity contribution in [2.24, 2.45) is 7.05 Å². The number of benzene rings is 2. The largest absolute Gasteiger partial charge is 0.357 e. The number of nitrogens with one attached hydrogen (secondary N) is 2. The van der Waals surface area contributed by atoms with Crippen LogP contribution in [-0.2, 0) is 18.3 Å². The summed E-state index contributed by atoms with van der Waals surface area (Å²) in [5.41, 5.74) is 9.28. The molecule has 1 atom stereocenters. The molecule has 4 aromatic rings. The first-order chi connectivity index (χ1) is 13.9. The number of hydrogen-bond donors (Lipinski definition) is 3. The number of aryl methyl sites for hydroxylation is 1. The number of rotatable bonds is 6. The molecule has 0 amide bonds. The molecule has 0 aliphatic heterocycles.